The van der Waals surface area contributed by atoms with E-state index in [1.54, 1.807) is 14.2 Å². The second-order valence-corrected chi connectivity index (χ2v) is 5.14. The lowest BCUT2D eigenvalue weighted by molar-refractivity contribution is 0.354. The van der Waals surface area contributed by atoms with Gasteiger partial charge in [-0.05, 0) is 60.8 Å². The van der Waals surface area contributed by atoms with Gasteiger partial charge in [0, 0.05) is 6.54 Å². The summed E-state index contributed by atoms with van der Waals surface area (Å²) in [5, 5.41) is 3.22. The SMILES string of the molecule is CNCc1cc(OC)c(OC)cc1-c1cccc(C)c1C. The Morgan fingerprint density at radius 1 is 0.952 bits per heavy atom. The van der Waals surface area contributed by atoms with Gasteiger partial charge in [-0.25, -0.2) is 0 Å². The van der Waals surface area contributed by atoms with Crippen molar-refractivity contribution in [3.05, 3.63) is 47.0 Å². The Bertz CT molecular complexity index is 635. The van der Waals surface area contributed by atoms with Crippen molar-refractivity contribution in [3.63, 3.8) is 0 Å². The van der Waals surface area contributed by atoms with Crippen LogP contribution in [0.4, 0.5) is 0 Å². The first-order valence-corrected chi connectivity index (χ1v) is 7.08. The van der Waals surface area contributed by atoms with Crippen LogP contribution in [0.3, 0.4) is 0 Å². The van der Waals surface area contributed by atoms with Crippen LogP contribution in [0.5, 0.6) is 11.5 Å². The lowest BCUT2D eigenvalue weighted by atomic mass is 9.93. The number of aryl methyl sites for hydroxylation is 1. The summed E-state index contributed by atoms with van der Waals surface area (Å²) in [5.74, 6) is 1.52. The van der Waals surface area contributed by atoms with Gasteiger partial charge in [0.05, 0.1) is 14.2 Å². The van der Waals surface area contributed by atoms with Crippen molar-refractivity contribution in [2.24, 2.45) is 0 Å². The van der Waals surface area contributed by atoms with E-state index in [0.29, 0.717) is 0 Å². The van der Waals surface area contributed by atoms with E-state index in [1.807, 2.05) is 13.1 Å². The van der Waals surface area contributed by atoms with Crippen LogP contribution >= 0.6 is 0 Å². The molecule has 0 atom stereocenters. The third-order valence-corrected chi connectivity index (χ3v) is 3.87. The molecule has 2 aromatic carbocycles. The summed E-state index contributed by atoms with van der Waals surface area (Å²) in [4.78, 5) is 0. The predicted molar refractivity (Wildman–Crippen MR) is 87.2 cm³/mol. The lowest BCUT2D eigenvalue weighted by Gasteiger charge is -2.17. The van der Waals surface area contributed by atoms with Crippen LogP contribution in [0.1, 0.15) is 16.7 Å². The highest BCUT2D eigenvalue weighted by atomic mass is 16.5. The molecule has 0 saturated carbocycles. The maximum atomic E-state index is 5.46. The van der Waals surface area contributed by atoms with Gasteiger partial charge in [0.1, 0.15) is 0 Å². The summed E-state index contributed by atoms with van der Waals surface area (Å²) in [6.07, 6.45) is 0. The molecule has 0 amide bonds. The van der Waals surface area contributed by atoms with E-state index in [9.17, 15) is 0 Å². The molecule has 1 N–H and O–H groups in total. The Balaban J connectivity index is 2.68. The summed E-state index contributed by atoms with van der Waals surface area (Å²) < 4.78 is 10.9. The molecule has 0 aromatic heterocycles. The first-order chi connectivity index (χ1) is 10.1. The molecule has 0 aliphatic heterocycles. The minimum atomic E-state index is 0.758. The van der Waals surface area contributed by atoms with Crippen LogP contribution in [0, 0.1) is 13.8 Å². The number of rotatable bonds is 5. The van der Waals surface area contributed by atoms with E-state index >= 15 is 0 Å². The fourth-order valence-corrected chi connectivity index (χ4v) is 2.55. The first kappa shape index (κ1) is 15.4. The molecule has 0 unspecified atom stereocenters. The third kappa shape index (κ3) is 3.03. The Kier molecular flexibility index (Phi) is 4.86. The van der Waals surface area contributed by atoms with Gasteiger partial charge in [-0.15, -0.1) is 0 Å². The van der Waals surface area contributed by atoms with Crippen molar-refractivity contribution in [2.45, 2.75) is 20.4 Å². The highest BCUT2D eigenvalue weighted by Gasteiger charge is 2.14. The minimum absolute atomic E-state index is 0.758. The van der Waals surface area contributed by atoms with Crippen LogP contribution in [-0.4, -0.2) is 21.3 Å². The van der Waals surface area contributed by atoms with Gasteiger partial charge >= 0.3 is 0 Å². The molecule has 0 spiro atoms. The summed E-state index contributed by atoms with van der Waals surface area (Å²) in [6.45, 7) is 5.07. The smallest absolute Gasteiger partial charge is 0.161 e. The molecule has 3 nitrogen and oxygen atoms in total. The Morgan fingerprint density at radius 2 is 1.62 bits per heavy atom. The molecule has 21 heavy (non-hydrogen) atoms. The monoisotopic (exact) mass is 285 g/mol. The quantitative estimate of drug-likeness (QED) is 0.908. The first-order valence-electron chi connectivity index (χ1n) is 7.08. The number of nitrogens with one attached hydrogen (secondary N) is 1. The lowest BCUT2D eigenvalue weighted by Crippen LogP contribution is -2.07. The minimum Gasteiger partial charge on any atom is -0.493 e. The molecule has 2 aromatic rings. The van der Waals surface area contributed by atoms with Crippen LogP contribution in [-0.2, 0) is 6.54 Å². The largest absolute Gasteiger partial charge is 0.493 e. The predicted octanol–water partition coefficient (Wildman–Crippen LogP) is 3.71. The zero-order valence-electron chi connectivity index (χ0n) is 13.4. The van der Waals surface area contributed by atoms with Gasteiger partial charge in [-0.1, -0.05) is 18.2 Å². The summed E-state index contributed by atoms with van der Waals surface area (Å²) in [5.41, 5.74) is 6.20. The van der Waals surface area contributed by atoms with E-state index in [-0.39, 0.29) is 0 Å². The van der Waals surface area contributed by atoms with E-state index < -0.39 is 0 Å². The molecule has 0 heterocycles. The maximum absolute atomic E-state index is 5.46. The molecule has 0 fully saturated rings. The van der Waals surface area contributed by atoms with Crippen molar-refractivity contribution in [1.82, 2.24) is 5.32 Å². The average molecular weight is 285 g/mol. The number of ether oxygens (including phenoxy) is 2. The molecular weight excluding hydrogens is 262 g/mol. The van der Waals surface area contributed by atoms with Crippen molar-refractivity contribution in [2.75, 3.05) is 21.3 Å². The number of methoxy groups -OCH3 is 2. The molecule has 0 bridgehead atoms. The highest BCUT2D eigenvalue weighted by molar-refractivity contribution is 5.74. The Morgan fingerprint density at radius 3 is 2.24 bits per heavy atom. The van der Waals surface area contributed by atoms with Crippen molar-refractivity contribution in [3.8, 4) is 22.6 Å². The van der Waals surface area contributed by atoms with Crippen molar-refractivity contribution >= 4 is 0 Å². The van der Waals surface area contributed by atoms with Gasteiger partial charge in [-0.2, -0.15) is 0 Å². The third-order valence-electron chi connectivity index (χ3n) is 3.87. The Labute approximate surface area is 126 Å². The van der Waals surface area contributed by atoms with Crippen molar-refractivity contribution in [1.29, 1.82) is 0 Å². The number of hydrogen-bond donors (Lipinski definition) is 1. The molecule has 3 heteroatoms. The van der Waals surface area contributed by atoms with Gasteiger partial charge < -0.3 is 14.8 Å². The van der Waals surface area contributed by atoms with E-state index in [0.717, 1.165) is 18.0 Å². The maximum Gasteiger partial charge on any atom is 0.161 e. The average Bonchev–Trinajstić information content (AvgIpc) is 2.50. The zero-order chi connectivity index (χ0) is 15.4. The standard InChI is InChI=1S/C18H23NO2/c1-12-7-6-8-15(13(12)2)16-10-18(21-5)17(20-4)9-14(16)11-19-3/h6-10,19H,11H2,1-5H3. The van der Waals surface area contributed by atoms with E-state index in [1.165, 1.54) is 27.8 Å². The fourth-order valence-electron chi connectivity index (χ4n) is 2.55. The van der Waals surface area contributed by atoms with Crippen LogP contribution < -0.4 is 14.8 Å². The summed E-state index contributed by atoms with van der Waals surface area (Å²) in [6, 6.07) is 10.5. The van der Waals surface area contributed by atoms with Crippen molar-refractivity contribution < 1.29 is 9.47 Å². The van der Waals surface area contributed by atoms with Gasteiger partial charge in [0.15, 0.2) is 11.5 Å². The zero-order valence-corrected chi connectivity index (χ0v) is 13.4. The van der Waals surface area contributed by atoms with Gasteiger partial charge in [-0.3, -0.25) is 0 Å². The van der Waals surface area contributed by atoms with E-state index in [4.69, 9.17) is 9.47 Å². The fraction of sp³-hybridized carbons (Fsp3) is 0.333. The normalized spacial score (nSPS) is 10.5. The molecule has 0 saturated heterocycles. The summed E-state index contributed by atoms with van der Waals surface area (Å²) >= 11 is 0. The molecular formula is C18H23NO2. The van der Waals surface area contributed by atoms with Crippen LogP contribution in [0.2, 0.25) is 0 Å². The molecule has 0 aliphatic rings. The van der Waals surface area contributed by atoms with Gasteiger partial charge in [0.25, 0.3) is 0 Å². The number of benzene rings is 2. The highest BCUT2D eigenvalue weighted by Crippen LogP contribution is 2.37. The second-order valence-electron chi connectivity index (χ2n) is 5.14. The Hall–Kier alpha value is -2.00. The molecule has 0 aliphatic carbocycles. The molecule has 0 radical (unpaired) electrons. The van der Waals surface area contributed by atoms with Crippen LogP contribution in [0.25, 0.3) is 11.1 Å². The number of hydrogen-bond acceptors (Lipinski definition) is 3. The topological polar surface area (TPSA) is 30.5 Å². The summed E-state index contributed by atoms with van der Waals surface area (Å²) in [7, 11) is 5.28. The van der Waals surface area contributed by atoms with E-state index in [2.05, 4.69) is 43.4 Å². The second kappa shape index (κ2) is 6.64. The van der Waals surface area contributed by atoms with Crippen LogP contribution in [0.15, 0.2) is 30.3 Å². The molecule has 112 valence electrons. The van der Waals surface area contributed by atoms with Gasteiger partial charge in [0.2, 0.25) is 0 Å². The molecule has 2 rings (SSSR count).